The topological polar surface area (TPSA) is 107 Å². The summed E-state index contributed by atoms with van der Waals surface area (Å²) in [5, 5.41) is 13.0. The molecule has 8 nitrogen and oxygen atoms in total. The zero-order valence-electron chi connectivity index (χ0n) is 17.4. The third-order valence-corrected chi connectivity index (χ3v) is 5.62. The number of carbonyl (C=O) groups excluding carboxylic acids is 2. The van der Waals surface area contributed by atoms with Crippen LogP contribution in [-0.2, 0) is 9.59 Å². The van der Waals surface area contributed by atoms with Gasteiger partial charge in [-0.1, -0.05) is 36.4 Å². The molecule has 0 atom stereocenters. The van der Waals surface area contributed by atoms with Crippen molar-refractivity contribution in [3.8, 4) is 11.6 Å². The van der Waals surface area contributed by atoms with Gasteiger partial charge >= 0.3 is 0 Å². The first-order valence-electron chi connectivity index (χ1n) is 9.86. The Morgan fingerprint density at radius 1 is 1.03 bits per heavy atom. The molecule has 2 heterocycles. The fourth-order valence-electron chi connectivity index (χ4n) is 3.60. The summed E-state index contributed by atoms with van der Waals surface area (Å²) >= 11 is 10.5. The molecule has 3 N–H and O–H groups in total. The van der Waals surface area contributed by atoms with Gasteiger partial charge in [-0.05, 0) is 66.8 Å². The molecule has 1 saturated heterocycles. The number of rotatable bonds is 4. The normalized spacial score (nSPS) is 14.4. The fourth-order valence-corrected chi connectivity index (χ4v) is 4.20. The lowest BCUT2D eigenvalue weighted by atomic mass is 10.0. The molecule has 0 radical (unpaired) electrons. The van der Waals surface area contributed by atoms with E-state index >= 15 is 0 Å². The van der Waals surface area contributed by atoms with Crippen molar-refractivity contribution >= 4 is 58.7 Å². The molecule has 0 saturated carbocycles. The first-order chi connectivity index (χ1) is 15.8. The van der Waals surface area contributed by atoms with E-state index in [0.717, 1.165) is 0 Å². The number of thiocarbonyl (C=S) groups is 1. The van der Waals surface area contributed by atoms with Crippen LogP contribution in [0.25, 0.3) is 17.3 Å². The number of anilines is 1. The van der Waals surface area contributed by atoms with Gasteiger partial charge in [0, 0.05) is 0 Å². The molecular formula is C23H18N4O4S2. The van der Waals surface area contributed by atoms with E-state index in [9.17, 15) is 19.5 Å². The summed E-state index contributed by atoms with van der Waals surface area (Å²) in [5.74, 6) is -1.28. The number of aromatic amines is 1. The largest absolute Gasteiger partial charge is 0.494 e. The zero-order valence-corrected chi connectivity index (χ0v) is 19.0. The number of allylic oxidation sites excluding steroid dienone is 1. The van der Waals surface area contributed by atoms with Crippen molar-refractivity contribution in [2.24, 2.45) is 0 Å². The number of aromatic hydroxyl groups is 1. The van der Waals surface area contributed by atoms with Crippen molar-refractivity contribution in [2.75, 3.05) is 4.90 Å². The van der Waals surface area contributed by atoms with E-state index in [4.69, 9.17) is 24.4 Å². The van der Waals surface area contributed by atoms with Crippen LogP contribution in [0.5, 0.6) is 5.88 Å². The van der Waals surface area contributed by atoms with Gasteiger partial charge < -0.3 is 15.4 Å². The number of benzene rings is 2. The molecule has 0 bridgehead atoms. The molecule has 0 unspecified atom stereocenters. The van der Waals surface area contributed by atoms with Gasteiger partial charge in [-0.2, -0.15) is 0 Å². The Hall–Kier alpha value is -3.89. The van der Waals surface area contributed by atoms with Gasteiger partial charge in [-0.3, -0.25) is 23.9 Å². The molecule has 2 amide bonds. The Morgan fingerprint density at radius 3 is 2.39 bits per heavy atom. The van der Waals surface area contributed by atoms with Crippen molar-refractivity contribution in [1.82, 2.24) is 14.9 Å². The van der Waals surface area contributed by atoms with Gasteiger partial charge in [0.2, 0.25) is 17.7 Å². The summed E-state index contributed by atoms with van der Waals surface area (Å²) in [5.41, 5.74) is 1.53. The molecule has 3 aromatic rings. The first-order valence-corrected chi connectivity index (χ1v) is 10.7. The highest BCUT2D eigenvalue weighted by Crippen LogP contribution is 2.29. The number of para-hydroxylation sites is 2. The van der Waals surface area contributed by atoms with Crippen LogP contribution in [0, 0.1) is 4.77 Å². The van der Waals surface area contributed by atoms with E-state index in [1.807, 2.05) is 6.07 Å². The monoisotopic (exact) mass is 478 g/mol. The lowest BCUT2D eigenvalue weighted by Crippen LogP contribution is -2.53. The molecule has 1 aromatic heterocycles. The van der Waals surface area contributed by atoms with Crippen molar-refractivity contribution < 1.29 is 14.7 Å². The number of carbonyl (C=O) groups is 2. The van der Waals surface area contributed by atoms with Crippen LogP contribution in [0.2, 0.25) is 0 Å². The molecule has 33 heavy (non-hydrogen) atoms. The molecule has 1 fully saturated rings. The average molecular weight is 479 g/mol. The van der Waals surface area contributed by atoms with Crippen molar-refractivity contribution in [1.29, 1.82) is 0 Å². The van der Waals surface area contributed by atoms with E-state index in [1.54, 1.807) is 61.5 Å². The molecule has 1 aliphatic rings. The van der Waals surface area contributed by atoms with E-state index in [1.165, 1.54) is 9.47 Å². The molecule has 4 rings (SSSR count). The SMILES string of the molecule is C/C(=C/c1ccccc1N1C(=O)CC(=O)NC1=S)c1c(O)[nH]c(=S)n(-c2ccccc2)c1=O. The predicted molar refractivity (Wildman–Crippen MR) is 132 cm³/mol. The van der Waals surface area contributed by atoms with E-state index in [2.05, 4.69) is 10.3 Å². The molecular weight excluding hydrogens is 460 g/mol. The highest BCUT2D eigenvalue weighted by atomic mass is 32.1. The number of nitrogens with one attached hydrogen (secondary N) is 2. The summed E-state index contributed by atoms with van der Waals surface area (Å²) in [6.07, 6.45) is 1.33. The average Bonchev–Trinajstić information content (AvgIpc) is 2.74. The lowest BCUT2D eigenvalue weighted by Gasteiger charge is -2.28. The minimum Gasteiger partial charge on any atom is -0.494 e. The molecule has 166 valence electrons. The molecule has 10 heteroatoms. The number of amides is 2. The highest BCUT2D eigenvalue weighted by Gasteiger charge is 2.30. The maximum absolute atomic E-state index is 13.3. The second-order valence-corrected chi connectivity index (χ2v) is 8.05. The number of aromatic nitrogens is 2. The lowest BCUT2D eigenvalue weighted by molar-refractivity contribution is -0.127. The summed E-state index contributed by atoms with van der Waals surface area (Å²) in [7, 11) is 0. The van der Waals surface area contributed by atoms with Crippen LogP contribution in [0.1, 0.15) is 24.5 Å². The number of nitrogens with zero attached hydrogens (tertiary/aromatic N) is 2. The van der Waals surface area contributed by atoms with Gasteiger partial charge in [0.1, 0.15) is 12.0 Å². The maximum Gasteiger partial charge on any atom is 0.270 e. The minimum atomic E-state index is -0.495. The Labute approximate surface area is 198 Å². The van der Waals surface area contributed by atoms with Crippen LogP contribution in [-0.4, -0.2) is 31.6 Å². The maximum atomic E-state index is 13.3. The van der Waals surface area contributed by atoms with E-state index < -0.39 is 17.4 Å². The Bertz CT molecular complexity index is 1420. The first kappa shape index (κ1) is 22.3. The van der Waals surface area contributed by atoms with Crippen LogP contribution in [0.3, 0.4) is 0 Å². The number of hydrogen-bond donors (Lipinski definition) is 3. The molecule has 2 aromatic carbocycles. The highest BCUT2D eigenvalue weighted by molar-refractivity contribution is 7.80. The molecule has 1 aliphatic heterocycles. The van der Waals surface area contributed by atoms with Crippen LogP contribution in [0.4, 0.5) is 5.69 Å². The second kappa shape index (κ2) is 8.93. The summed E-state index contributed by atoms with van der Waals surface area (Å²) in [4.78, 5) is 41.4. The van der Waals surface area contributed by atoms with Gasteiger partial charge in [-0.15, -0.1) is 0 Å². The third-order valence-electron chi connectivity index (χ3n) is 5.05. The predicted octanol–water partition coefficient (Wildman–Crippen LogP) is 3.30. The number of H-pyrrole nitrogens is 1. The summed E-state index contributed by atoms with van der Waals surface area (Å²) < 4.78 is 1.35. The summed E-state index contributed by atoms with van der Waals surface area (Å²) in [6, 6.07) is 15.8. The van der Waals surface area contributed by atoms with Crippen LogP contribution >= 0.6 is 24.4 Å². The molecule has 0 aliphatic carbocycles. The fraction of sp³-hybridized carbons (Fsp3) is 0.0870. The van der Waals surface area contributed by atoms with Crippen molar-refractivity contribution in [2.45, 2.75) is 13.3 Å². The van der Waals surface area contributed by atoms with Gasteiger partial charge in [0.15, 0.2) is 9.88 Å². The van der Waals surface area contributed by atoms with E-state index in [-0.39, 0.29) is 27.7 Å². The van der Waals surface area contributed by atoms with Gasteiger partial charge in [0.25, 0.3) is 5.56 Å². The van der Waals surface area contributed by atoms with E-state index in [0.29, 0.717) is 22.5 Å². The minimum absolute atomic E-state index is 0.0205. The Balaban J connectivity index is 1.84. The summed E-state index contributed by atoms with van der Waals surface area (Å²) in [6.45, 7) is 1.66. The van der Waals surface area contributed by atoms with Crippen LogP contribution in [0.15, 0.2) is 59.4 Å². The smallest absolute Gasteiger partial charge is 0.270 e. The van der Waals surface area contributed by atoms with Crippen molar-refractivity contribution in [3.63, 3.8) is 0 Å². The third kappa shape index (κ3) is 4.26. The van der Waals surface area contributed by atoms with Gasteiger partial charge in [0.05, 0.1) is 11.4 Å². The quantitative estimate of drug-likeness (QED) is 0.392. The van der Waals surface area contributed by atoms with Gasteiger partial charge in [-0.25, -0.2) is 0 Å². The van der Waals surface area contributed by atoms with Crippen molar-refractivity contribution in [3.05, 3.63) is 80.8 Å². The second-order valence-electron chi connectivity index (χ2n) is 7.28. The zero-order chi connectivity index (χ0) is 23.7. The Kier molecular flexibility index (Phi) is 6.03. The molecule has 0 spiro atoms. The van der Waals surface area contributed by atoms with Crippen LogP contribution < -0.4 is 15.8 Å². The number of hydrogen-bond acceptors (Lipinski definition) is 6. The standard InChI is InChI=1S/C23H18N4O4S2/c1-13(19-20(30)25-23(33)26(21(19)31)15-8-3-2-4-9-15)11-14-7-5-6-10-16(14)27-18(29)12-17(28)24-22(27)32/h2-11,30H,12H2,1H3,(H,25,33)(H,24,28,32)/b13-11-. The Morgan fingerprint density at radius 2 is 1.70 bits per heavy atom.